The van der Waals surface area contributed by atoms with Gasteiger partial charge in [-0.15, -0.1) is 0 Å². The lowest BCUT2D eigenvalue weighted by Gasteiger charge is -2.22. The second-order valence-electron chi connectivity index (χ2n) is 4.94. The van der Waals surface area contributed by atoms with Gasteiger partial charge in [-0.2, -0.15) is 0 Å². The first-order valence-corrected chi connectivity index (χ1v) is 7.31. The topological polar surface area (TPSA) is 48.0 Å². The van der Waals surface area contributed by atoms with Crippen LogP contribution in [0.4, 0.5) is 8.78 Å². The summed E-state index contributed by atoms with van der Waals surface area (Å²) in [5.74, 6) is 0.904. The van der Waals surface area contributed by atoms with Crippen LogP contribution in [-0.4, -0.2) is 51.7 Å². The zero-order valence-electron chi connectivity index (χ0n) is 13.9. The summed E-state index contributed by atoms with van der Waals surface area (Å²) in [6.45, 7) is 1.58. The van der Waals surface area contributed by atoms with Gasteiger partial charge in [-0.3, -0.25) is 4.79 Å². The van der Waals surface area contributed by atoms with E-state index in [-0.39, 0.29) is 12.3 Å². The van der Waals surface area contributed by atoms with Crippen LogP contribution in [0.25, 0.3) is 0 Å². The first kappa shape index (κ1) is 19.0. The van der Waals surface area contributed by atoms with Gasteiger partial charge >= 0.3 is 0 Å². The number of methoxy groups -OCH3 is 3. The third-order valence-corrected chi connectivity index (χ3v) is 3.28. The molecule has 7 heteroatoms. The molecular weight excluding hydrogens is 308 g/mol. The molecule has 0 heterocycles. The molecule has 0 unspecified atom stereocenters. The van der Waals surface area contributed by atoms with Crippen LogP contribution in [0.2, 0.25) is 0 Å². The van der Waals surface area contributed by atoms with Gasteiger partial charge in [-0.25, -0.2) is 8.78 Å². The van der Waals surface area contributed by atoms with Gasteiger partial charge in [0.15, 0.2) is 11.5 Å². The quantitative estimate of drug-likeness (QED) is 0.698. The average Bonchev–Trinajstić information content (AvgIpc) is 2.52. The van der Waals surface area contributed by atoms with E-state index in [9.17, 15) is 13.6 Å². The first-order valence-electron chi connectivity index (χ1n) is 7.31. The monoisotopic (exact) mass is 331 g/mol. The summed E-state index contributed by atoms with van der Waals surface area (Å²) in [7, 11) is 4.43. The first-order chi connectivity index (χ1) is 11.0. The van der Waals surface area contributed by atoms with Crippen molar-refractivity contribution in [3.8, 4) is 17.2 Å². The van der Waals surface area contributed by atoms with Crippen LogP contribution in [0.5, 0.6) is 17.2 Å². The van der Waals surface area contributed by atoms with Crippen molar-refractivity contribution in [3.05, 3.63) is 17.7 Å². The van der Waals surface area contributed by atoms with E-state index in [1.807, 2.05) is 6.92 Å². The Hall–Kier alpha value is -2.05. The van der Waals surface area contributed by atoms with Crippen molar-refractivity contribution in [2.24, 2.45) is 0 Å². The van der Waals surface area contributed by atoms with Gasteiger partial charge in [0.25, 0.3) is 6.43 Å². The molecule has 0 N–H and O–H groups in total. The molecule has 0 radical (unpaired) electrons. The van der Waals surface area contributed by atoms with E-state index in [0.717, 1.165) is 0 Å². The maximum atomic E-state index is 12.6. The Balaban J connectivity index is 3.00. The van der Waals surface area contributed by atoms with Crippen molar-refractivity contribution in [2.75, 3.05) is 34.4 Å². The van der Waals surface area contributed by atoms with Gasteiger partial charge in [0.2, 0.25) is 11.7 Å². The molecule has 1 amide bonds. The minimum Gasteiger partial charge on any atom is -0.493 e. The second kappa shape index (κ2) is 9.17. The molecule has 0 saturated carbocycles. The van der Waals surface area contributed by atoms with Gasteiger partial charge in [0.1, 0.15) is 0 Å². The predicted octanol–water partition coefficient (Wildman–Crippen LogP) is 2.76. The molecule has 0 aromatic heterocycles. The summed E-state index contributed by atoms with van der Waals surface area (Å²) >= 11 is 0. The number of halogens is 2. The fourth-order valence-electron chi connectivity index (χ4n) is 2.28. The molecule has 0 spiro atoms. The Morgan fingerprint density at radius 3 is 2.09 bits per heavy atom. The van der Waals surface area contributed by atoms with Crippen LogP contribution in [0, 0.1) is 0 Å². The number of benzene rings is 1. The maximum absolute atomic E-state index is 12.6. The highest BCUT2D eigenvalue weighted by atomic mass is 19.3. The standard InChI is InChI=1S/C16H23F2NO4/c1-5-6-19(10-14(17)18)15(20)9-11-7-12(21-2)16(23-4)13(8-11)22-3/h7-8,14H,5-6,9-10H2,1-4H3. The number of carbonyl (C=O) groups is 1. The smallest absolute Gasteiger partial charge is 0.255 e. The number of nitrogens with zero attached hydrogens (tertiary/aromatic N) is 1. The van der Waals surface area contributed by atoms with Crippen LogP contribution in [0.3, 0.4) is 0 Å². The number of alkyl halides is 2. The van der Waals surface area contributed by atoms with E-state index in [2.05, 4.69) is 0 Å². The largest absolute Gasteiger partial charge is 0.493 e. The molecule has 0 aliphatic heterocycles. The zero-order valence-corrected chi connectivity index (χ0v) is 13.9. The van der Waals surface area contributed by atoms with Crippen LogP contribution in [-0.2, 0) is 11.2 Å². The van der Waals surface area contributed by atoms with Gasteiger partial charge < -0.3 is 19.1 Å². The van der Waals surface area contributed by atoms with Crippen molar-refractivity contribution in [1.82, 2.24) is 4.90 Å². The molecule has 0 aliphatic carbocycles. The van der Waals surface area contributed by atoms with Crippen LogP contribution >= 0.6 is 0 Å². The van der Waals surface area contributed by atoms with Crippen molar-refractivity contribution >= 4 is 5.91 Å². The lowest BCUT2D eigenvalue weighted by atomic mass is 10.1. The SMILES string of the molecule is CCCN(CC(F)F)C(=O)Cc1cc(OC)c(OC)c(OC)c1. The summed E-state index contributed by atoms with van der Waals surface area (Å²) in [6, 6.07) is 3.29. The van der Waals surface area contributed by atoms with Crippen LogP contribution in [0.1, 0.15) is 18.9 Å². The Labute approximate surface area is 135 Å². The molecule has 0 saturated heterocycles. The normalized spacial score (nSPS) is 10.6. The third kappa shape index (κ3) is 5.26. The minimum absolute atomic E-state index is 0.0105. The maximum Gasteiger partial charge on any atom is 0.255 e. The molecule has 0 atom stereocenters. The van der Waals surface area contributed by atoms with E-state index >= 15 is 0 Å². The van der Waals surface area contributed by atoms with E-state index in [4.69, 9.17) is 14.2 Å². The molecule has 0 aliphatic rings. The molecule has 5 nitrogen and oxygen atoms in total. The molecule has 130 valence electrons. The van der Waals surface area contributed by atoms with Gasteiger partial charge in [0, 0.05) is 6.54 Å². The number of amides is 1. The van der Waals surface area contributed by atoms with Crippen LogP contribution < -0.4 is 14.2 Å². The van der Waals surface area contributed by atoms with Crippen molar-refractivity contribution in [2.45, 2.75) is 26.2 Å². The van der Waals surface area contributed by atoms with Crippen molar-refractivity contribution in [3.63, 3.8) is 0 Å². The number of hydrogen-bond acceptors (Lipinski definition) is 4. The summed E-state index contributed by atoms with van der Waals surface area (Å²) in [4.78, 5) is 13.4. The molecule has 1 rings (SSSR count). The average molecular weight is 331 g/mol. The number of ether oxygens (including phenoxy) is 3. The summed E-state index contributed by atoms with van der Waals surface area (Å²) < 4.78 is 40.8. The lowest BCUT2D eigenvalue weighted by molar-refractivity contribution is -0.132. The van der Waals surface area contributed by atoms with E-state index < -0.39 is 13.0 Å². The predicted molar refractivity (Wildman–Crippen MR) is 82.7 cm³/mol. The van der Waals surface area contributed by atoms with Crippen molar-refractivity contribution in [1.29, 1.82) is 0 Å². The highest BCUT2D eigenvalue weighted by molar-refractivity contribution is 5.79. The Morgan fingerprint density at radius 1 is 1.13 bits per heavy atom. The zero-order chi connectivity index (χ0) is 17.4. The summed E-state index contributed by atoms with van der Waals surface area (Å²) in [5, 5.41) is 0. The summed E-state index contributed by atoms with van der Waals surface area (Å²) in [5.41, 5.74) is 0.611. The van der Waals surface area contributed by atoms with Gasteiger partial charge in [-0.05, 0) is 24.1 Å². The van der Waals surface area contributed by atoms with E-state index in [1.165, 1.54) is 26.2 Å². The minimum atomic E-state index is -2.55. The Morgan fingerprint density at radius 2 is 1.70 bits per heavy atom. The third-order valence-electron chi connectivity index (χ3n) is 3.28. The van der Waals surface area contributed by atoms with Crippen molar-refractivity contribution < 1.29 is 27.8 Å². The molecule has 0 fully saturated rings. The Bertz CT molecular complexity index is 498. The molecule has 1 aromatic rings. The Kier molecular flexibility index (Phi) is 7.57. The molecule has 1 aromatic carbocycles. The number of rotatable bonds is 9. The van der Waals surface area contributed by atoms with Crippen LogP contribution in [0.15, 0.2) is 12.1 Å². The second-order valence-corrected chi connectivity index (χ2v) is 4.94. The van der Waals surface area contributed by atoms with Gasteiger partial charge in [0.05, 0.1) is 34.3 Å². The molecular formula is C16H23F2NO4. The highest BCUT2D eigenvalue weighted by Gasteiger charge is 2.20. The highest BCUT2D eigenvalue weighted by Crippen LogP contribution is 2.38. The van der Waals surface area contributed by atoms with Gasteiger partial charge in [-0.1, -0.05) is 6.92 Å². The number of hydrogen-bond donors (Lipinski definition) is 0. The van der Waals surface area contributed by atoms with E-state index in [0.29, 0.717) is 35.8 Å². The molecule has 23 heavy (non-hydrogen) atoms. The number of carbonyl (C=O) groups excluding carboxylic acids is 1. The molecule has 0 bridgehead atoms. The summed E-state index contributed by atoms with van der Waals surface area (Å²) in [6.07, 6.45) is -1.94. The fourth-order valence-corrected chi connectivity index (χ4v) is 2.28. The van der Waals surface area contributed by atoms with E-state index in [1.54, 1.807) is 12.1 Å². The fraction of sp³-hybridized carbons (Fsp3) is 0.562. The lowest BCUT2D eigenvalue weighted by Crippen LogP contribution is -2.36.